The predicted octanol–water partition coefficient (Wildman–Crippen LogP) is 3.12. The molecule has 0 bridgehead atoms. The number of aliphatic hydroxyl groups is 1. The molecule has 1 N–H and O–H groups in total. The van der Waals surface area contributed by atoms with E-state index in [0.29, 0.717) is 30.0 Å². The number of fused-ring (bicyclic) bond motifs is 1. The van der Waals surface area contributed by atoms with Crippen LogP contribution in [0.1, 0.15) is 28.6 Å². The summed E-state index contributed by atoms with van der Waals surface area (Å²) in [6.45, 7) is 3.63. The largest absolute Gasteiger partial charge is 0.386 e. The summed E-state index contributed by atoms with van der Waals surface area (Å²) < 4.78 is 43.6. The van der Waals surface area contributed by atoms with E-state index < -0.39 is 21.9 Å². The number of rotatable bonds is 5. The van der Waals surface area contributed by atoms with Gasteiger partial charge in [0.05, 0.1) is 23.6 Å². The van der Waals surface area contributed by atoms with E-state index in [1.807, 2.05) is 18.2 Å². The van der Waals surface area contributed by atoms with Gasteiger partial charge < -0.3 is 5.11 Å². The number of hydrogen-bond acceptors (Lipinski definition) is 4. The number of nitrogens with zero attached hydrogens (tertiary/aromatic N) is 3. The lowest BCUT2D eigenvalue weighted by atomic mass is 10.1. The molecule has 152 valence electrons. The molecule has 1 aliphatic rings. The summed E-state index contributed by atoms with van der Waals surface area (Å²) in [7, 11) is -3.81. The molecule has 29 heavy (non-hydrogen) atoms. The molecule has 1 atom stereocenters. The molecule has 0 spiro atoms. The van der Waals surface area contributed by atoms with Crippen molar-refractivity contribution in [2.45, 2.75) is 37.8 Å². The van der Waals surface area contributed by atoms with Crippen molar-refractivity contribution in [3.05, 3.63) is 76.9 Å². The van der Waals surface area contributed by atoms with Crippen molar-refractivity contribution in [1.29, 1.82) is 0 Å². The molecular formula is C21H22FN3O3S. The minimum atomic E-state index is -3.81. The van der Waals surface area contributed by atoms with Crippen LogP contribution in [0.4, 0.5) is 10.1 Å². The highest BCUT2D eigenvalue weighted by Crippen LogP contribution is 2.34. The molecule has 0 radical (unpaired) electrons. The Morgan fingerprint density at radius 2 is 1.83 bits per heavy atom. The molecule has 0 saturated heterocycles. The Kier molecular flexibility index (Phi) is 4.92. The lowest BCUT2D eigenvalue weighted by molar-refractivity contribution is 0.146. The van der Waals surface area contributed by atoms with Crippen molar-refractivity contribution >= 4 is 15.7 Å². The molecule has 8 heteroatoms. The number of hydrogen-bond donors (Lipinski definition) is 1. The third-order valence-corrected chi connectivity index (χ3v) is 7.38. The Labute approximate surface area is 169 Å². The molecule has 3 aromatic rings. The van der Waals surface area contributed by atoms with Gasteiger partial charge in [-0.05, 0) is 38.0 Å². The van der Waals surface area contributed by atoms with E-state index in [4.69, 9.17) is 0 Å². The second-order valence-corrected chi connectivity index (χ2v) is 8.97. The van der Waals surface area contributed by atoms with Gasteiger partial charge in [0.2, 0.25) is 0 Å². The fourth-order valence-electron chi connectivity index (χ4n) is 3.91. The SMILES string of the molecule is Cc1nn(C[C@H](O)c2ccccc2F)c(C)c1S(=O)(=O)N1CCc2ccccc21. The highest BCUT2D eigenvalue weighted by molar-refractivity contribution is 7.93. The van der Waals surface area contributed by atoms with Crippen LogP contribution in [-0.4, -0.2) is 29.8 Å². The highest BCUT2D eigenvalue weighted by Gasteiger charge is 2.35. The van der Waals surface area contributed by atoms with Crippen molar-refractivity contribution in [2.75, 3.05) is 10.8 Å². The zero-order chi connectivity index (χ0) is 20.8. The summed E-state index contributed by atoms with van der Waals surface area (Å²) in [5, 5.41) is 14.8. The number of benzene rings is 2. The van der Waals surface area contributed by atoms with Crippen molar-refractivity contribution in [3.63, 3.8) is 0 Å². The fraction of sp³-hybridized carbons (Fsp3) is 0.286. The zero-order valence-corrected chi connectivity index (χ0v) is 17.0. The smallest absolute Gasteiger partial charge is 0.268 e. The van der Waals surface area contributed by atoms with Gasteiger partial charge in [0.15, 0.2) is 0 Å². The molecule has 0 unspecified atom stereocenters. The average Bonchev–Trinajstić information content (AvgIpc) is 3.23. The molecule has 4 rings (SSSR count). The molecule has 0 fully saturated rings. The summed E-state index contributed by atoms with van der Waals surface area (Å²) in [6, 6.07) is 13.4. The fourth-order valence-corrected chi connectivity index (χ4v) is 5.79. The van der Waals surface area contributed by atoms with Crippen LogP contribution in [0, 0.1) is 19.7 Å². The quantitative estimate of drug-likeness (QED) is 0.695. The van der Waals surface area contributed by atoms with Crippen LogP contribution in [0.5, 0.6) is 0 Å². The lowest BCUT2D eigenvalue weighted by Gasteiger charge is -2.20. The second-order valence-electron chi connectivity index (χ2n) is 7.18. The third kappa shape index (κ3) is 3.32. The molecule has 2 heterocycles. The van der Waals surface area contributed by atoms with Crippen LogP contribution < -0.4 is 4.31 Å². The van der Waals surface area contributed by atoms with Gasteiger partial charge in [-0.1, -0.05) is 36.4 Å². The van der Waals surface area contributed by atoms with Crippen LogP contribution in [0.2, 0.25) is 0 Å². The summed E-state index contributed by atoms with van der Waals surface area (Å²) in [5.74, 6) is -0.511. The molecule has 0 saturated carbocycles. The predicted molar refractivity (Wildman–Crippen MR) is 108 cm³/mol. The Bertz CT molecular complexity index is 1170. The second kappa shape index (κ2) is 7.27. The van der Waals surface area contributed by atoms with Gasteiger partial charge in [-0.25, -0.2) is 12.8 Å². The monoisotopic (exact) mass is 415 g/mol. The summed E-state index contributed by atoms with van der Waals surface area (Å²) in [6.07, 6.45) is -0.481. The van der Waals surface area contributed by atoms with Crippen LogP contribution in [0.15, 0.2) is 53.4 Å². The first kappa shape index (κ1) is 19.6. The van der Waals surface area contributed by atoms with Gasteiger partial charge in [-0.2, -0.15) is 5.10 Å². The molecule has 0 aliphatic carbocycles. The van der Waals surface area contributed by atoms with Crippen LogP contribution in [-0.2, 0) is 23.0 Å². The van der Waals surface area contributed by atoms with Gasteiger partial charge in [0.25, 0.3) is 10.0 Å². The van der Waals surface area contributed by atoms with Crippen LogP contribution in [0.25, 0.3) is 0 Å². The topological polar surface area (TPSA) is 75.4 Å². The van der Waals surface area contributed by atoms with Gasteiger partial charge in [-0.15, -0.1) is 0 Å². The number of aryl methyl sites for hydroxylation is 1. The van der Waals surface area contributed by atoms with Crippen molar-refractivity contribution < 1.29 is 17.9 Å². The molecular weight excluding hydrogens is 393 g/mol. The van der Waals surface area contributed by atoms with Crippen molar-refractivity contribution in [3.8, 4) is 0 Å². The van der Waals surface area contributed by atoms with Gasteiger partial charge in [0.1, 0.15) is 16.8 Å². The summed E-state index contributed by atoms with van der Waals surface area (Å²) in [5.41, 5.74) is 2.60. The normalized spacial score (nSPS) is 14.8. The first-order valence-corrected chi connectivity index (χ1v) is 10.8. The van der Waals surface area contributed by atoms with Crippen molar-refractivity contribution in [2.24, 2.45) is 0 Å². The molecule has 1 aromatic heterocycles. The maximum atomic E-state index is 14.0. The van der Waals surface area contributed by atoms with E-state index in [9.17, 15) is 17.9 Å². The number of aromatic nitrogens is 2. The standard InChI is InChI=1S/C21H22FN3O3S/c1-14-21(29(27,28)25-12-11-16-7-3-6-10-19(16)25)15(2)24(23-14)13-20(26)17-8-4-5-9-18(17)22/h3-10,20,26H,11-13H2,1-2H3/t20-/m0/s1. The van der Waals surface area contributed by atoms with Gasteiger partial charge in [-0.3, -0.25) is 8.99 Å². The number of anilines is 1. The third-order valence-electron chi connectivity index (χ3n) is 5.32. The van der Waals surface area contributed by atoms with E-state index in [0.717, 1.165) is 5.56 Å². The van der Waals surface area contributed by atoms with E-state index in [1.54, 1.807) is 32.0 Å². The highest BCUT2D eigenvalue weighted by atomic mass is 32.2. The van der Waals surface area contributed by atoms with E-state index in [2.05, 4.69) is 5.10 Å². The van der Waals surface area contributed by atoms with E-state index in [1.165, 1.54) is 21.1 Å². The number of para-hydroxylation sites is 1. The average molecular weight is 415 g/mol. The maximum Gasteiger partial charge on any atom is 0.268 e. The van der Waals surface area contributed by atoms with E-state index in [-0.39, 0.29) is 17.0 Å². The first-order chi connectivity index (χ1) is 13.8. The van der Waals surface area contributed by atoms with Crippen LogP contribution in [0.3, 0.4) is 0 Å². The summed E-state index contributed by atoms with van der Waals surface area (Å²) in [4.78, 5) is 0.134. The Morgan fingerprint density at radius 1 is 1.14 bits per heavy atom. The lowest BCUT2D eigenvalue weighted by Crippen LogP contribution is -2.30. The van der Waals surface area contributed by atoms with Crippen molar-refractivity contribution in [1.82, 2.24) is 9.78 Å². The van der Waals surface area contributed by atoms with E-state index >= 15 is 0 Å². The van der Waals surface area contributed by atoms with Crippen LogP contribution >= 0.6 is 0 Å². The molecule has 0 amide bonds. The summed E-state index contributed by atoms with van der Waals surface area (Å²) >= 11 is 0. The maximum absolute atomic E-state index is 14.0. The number of aliphatic hydroxyl groups excluding tert-OH is 1. The molecule has 6 nitrogen and oxygen atoms in total. The minimum Gasteiger partial charge on any atom is -0.386 e. The number of sulfonamides is 1. The molecule has 1 aliphatic heterocycles. The molecule has 2 aromatic carbocycles. The Balaban J connectivity index is 1.68. The minimum absolute atomic E-state index is 0.0420. The first-order valence-electron chi connectivity index (χ1n) is 9.38. The Hall–Kier alpha value is -2.71. The van der Waals surface area contributed by atoms with Gasteiger partial charge in [0, 0.05) is 12.1 Å². The Morgan fingerprint density at radius 3 is 2.59 bits per heavy atom. The zero-order valence-electron chi connectivity index (χ0n) is 16.2. The number of halogens is 1. The van der Waals surface area contributed by atoms with Gasteiger partial charge >= 0.3 is 0 Å².